The predicted octanol–water partition coefficient (Wildman–Crippen LogP) is 3.34. The summed E-state index contributed by atoms with van der Waals surface area (Å²) < 4.78 is 23.8. The van der Waals surface area contributed by atoms with E-state index < -0.39 is 0 Å². The van der Waals surface area contributed by atoms with Crippen LogP contribution in [-0.2, 0) is 11.2 Å². The molecular weight excluding hydrogens is 335 g/mol. The lowest BCUT2D eigenvalue weighted by molar-refractivity contribution is -0.120. The van der Waals surface area contributed by atoms with E-state index in [0.717, 1.165) is 12.0 Å². The lowest BCUT2D eigenvalue weighted by Crippen LogP contribution is -2.40. The summed E-state index contributed by atoms with van der Waals surface area (Å²) >= 11 is 0. The molecule has 26 heavy (non-hydrogen) atoms. The SMILES string of the molecule is COc1ccc(CCN(C)[C@@H](C)C(=O)Nc2cccc(F)c2)cc1OC. The minimum Gasteiger partial charge on any atom is -0.493 e. The second kappa shape index (κ2) is 9.20. The van der Waals surface area contributed by atoms with Gasteiger partial charge in [-0.1, -0.05) is 12.1 Å². The van der Waals surface area contributed by atoms with Gasteiger partial charge in [0, 0.05) is 12.2 Å². The Morgan fingerprint density at radius 3 is 2.54 bits per heavy atom. The van der Waals surface area contributed by atoms with Crippen molar-refractivity contribution in [2.75, 3.05) is 33.1 Å². The monoisotopic (exact) mass is 360 g/mol. The van der Waals surface area contributed by atoms with Crippen molar-refractivity contribution in [3.05, 3.63) is 53.8 Å². The fourth-order valence-electron chi connectivity index (χ4n) is 2.55. The van der Waals surface area contributed by atoms with Gasteiger partial charge < -0.3 is 14.8 Å². The van der Waals surface area contributed by atoms with Crippen LogP contribution < -0.4 is 14.8 Å². The number of benzene rings is 2. The summed E-state index contributed by atoms with van der Waals surface area (Å²) in [5, 5.41) is 2.74. The maximum atomic E-state index is 13.2. The Morgan fingerprint density at radius 2 is 1.88 bits per heavy atom. The third-order valence-electron chi connectivity index (χ3n) is 4.33. The van der Waals surface area contributed by atoms with Crippen molar-refractivity contribution in [2.24, 2.45) is 0 Å². The van der Waals surface area contributed by atoms with Gasteiger partial charge in [-0.2, -0.15) is 0 Å². The molecule has 0 saturated carbocycles. The molecule has 0 aliphatic heterocycles. The molecule has 2 rings (SSSR count). The van der Waals surface area contributed by atoms with Crippen LogP contribution in [0.1, 0.15) is 12.5 Å². The Hall–Kier alpha value is -2.60. The molecule has 0 saturated heterocycles. The third-order valence-corrected chi connectivity index (χ3v) is 4.33. The molecule has 1 atom stereocenters. The molecule has 6 heteroatoms. The van der Waals surface area contributed by atoms with Gasteiger partial charge in [-0.3, -0.25) is 9.69 Å². The van der Waals surface area contributed by atoms with Crippen molar-refractivity contribution < 1.29 is 18.7 Å². The maximum Gasteiger partial charge on any atom is 0.241 e. The lowest BCUT2D eigenvalue weighted by atomic mass is 10.1. The van der Waals surface area contributed by atoms with Crippen LogP contribution in [0.3, 0.4) is 0 Å². The van der Waals surface area contributed by atoms with Crippen LogP contribution in [0.5, 0.6) is 11.5 Å². The molecule has 5 nitrogen and oxygen atoms in total. The molecule has 2 aromatic carbocycles. The summed E-state index contributed by atoms with van der Waals surface area (Å²) in [6, 6.07) is 11.3. The van der Waals surface area contributed by atoms with Crippen molar-refractivity contribution in [1.29, 1.82) is 0 Å². The highest BCUT2D eigenvalue weighted by atomic mass is 19.1. The van der Waals surface area contributed by atoms with Gasteiger partial charge in [0.25, 0.3) is 0 Å². The Labute approximate surface area is 153 Å². The van der Waals surface area contributed by atoms with Gasteiger partial charge in [-0.25, -0.2) is 4.39 Å². The molecule has 0 fully saturated rings. The molecule has 0 unspecified atom stereocenters. The predicted molar refractivity (Wildman–Crippen MR) is 100 cm³/mol. The number of ether oxygens (including phenoxy) is 2. The van der Waals surface area contributed by atoms with Crippen molar-refractivity contribution in [1.82, 2.24) is 4.90 Å². The van der Waals surface area contributed by atoms with Crippen molar-refractivity contribution in [3.8, 4) is 11.5 Å². The summed E-state index contributed by atoms with van der Waals surface area (Å²) in [6.07, 6.45) is 0.758. The van der Waals surface area contributed by atoms with Gasteiger partial charge in [0.15, 0.2) is 11.5 Å². The number of nitrogens with zero attached hydrogens (tertiary/aromatic N) is 1. The number of anilines is 1. The fraction of sp³-hybridized carbons (Fsp3) is 0.350. The number of nitrogens with one attached hydrogen (secondary N) is 1. The Morgan fingerprint density at radius 1 is 1.15 bits per heavy atom. The normalized spacial score (nSPS) is 11.9. The highest BCUT2D eigenvalue weighted by Crippen LogP contribution is 2.27. The molecule has 0 bridgehead atoms. The highest BCUT2D eigenvalue weighted by Gasteiger charge is 2.18. The molecule has 140 valence electrons. The zero-order valence-corrected chi connectivity index (χ0v) is 15.6. The smallest absolute Gasteiger partial charge is 0.241 e. The minimum absolute atomic E-state index is 0.176. The fourth-order valence-corrected chi connectivity index (χ4v) is 2.55. The van der Waals surface area contributed by atoms with E-state index in [1.807, 2.05) is 37.1 Å². The maximum absolute atomic E-state index is 13.2. The molecule has 0 aliphatic rings. The Balaban J connectivity index is 1.92. The zero-order chi connectivity index (χ0) is 19.1. The third kappa shape index (κ3) is 5.20. The van der Waals surface area contributed by atoms with Crippen LogP contribution in [0.2, 0.25) is 0 Å². The number of carbonyl (C=O) groups is 1. The average molecular weight is 360 g/mol. The van der Waals surface area contributed by atoms with E-state index in [-0.39, 0.29) is 17.8 Å². The summed E-state index contributed by atoms with van der Waals surface area (Å²) in [6.45, 7) is 2.51. The standard InChI is InChI=1S/C20H25FN2O3/c1-14(20(24)22-17-7-5-6-16(21)13-17)23(2)11-10-15-8-9-18(25-3)19(12-15)26-4/h5-9,12-14H,10-11H2,1-4H3,(H,22,24)/t14-/m0/s1. The Kier molecular flexibility index (Phi) is 6.97. The van der Waals surface area contributed by atoms with E-state index in [1.165, 1.54) is 12.1 Å². The average Bonchev–Trinajstić information content (AvgIpc) is 2.65. The number of amides is 1. The van der Waals surface area contributed by atoms with E-state index in [2.05, 4.69) is 5.32 Å². The van der Waals surface area contributed by atoms with Gasteiger partial charge in [0.05, 0.1) is 20.3 Å². The van der Waals surface area contributed by atoms with Gasteiger partial charge in [-0.05, 0) is 56.3 Å². The molecule has 0 spiro atoms. The van der Waals surface area contributed by atoms with Crippen molar-refractivity contribution >= 4 is 11.6 Å². The summed E-state index contributed by atoms with van der Waals surface area (Å²) in [4.78, 5) is 14.3. The number of halogens is 1. The number of methoxy groups -OCH3 is 2. The van der Waals surface area contributed by atoms with E-state index in [9.17, 15) is 9.18 Å². The number of rotatable bonds is 8. The number of likely N-dealkylation sites (N-methyl/N-ethyl adjacent to an activating group) is 1. The van der Waals surface area contributed by atoms with E-state index in [4.69, 9.17) is 9.47 Å². The molecule has 1 N–H and O–H groups in total. The van der Waals surface area contributed by atoms with Crippen LogP contribution in [0.25, 0.3) is 0 Å². The first-order valence-corrected chi connectivity index (χ1v) is 8.42. The zero-order valence-electron chi connectivity index (χ0n) is 15.6. The number of carbonyl (C=O) groups excluding carboxylic acids is 1. The summed E-state index contributed by atoms with van der Waals surface area (Å²) in [5.41, 5.74) is 1.54. The highest BCUT2D eigenvalue weighted by molar-refractivity contribution is 5.94. The molecule has 0 heterocycles. The summed E-state index contributed by atoms with van der Waals surface area (Å²) in [7, 11) is 5.09. The van der Waals surface area contributed by atoms with Crippen LogP contribution >= 0.6 is 0 Å². The van der Waals surface area contributed by atoms with E-state index in [1.54, 1.807) is 26.4 Å². The van der Waals surface area contributed by atoms with Crippen LogP contribution in [0, 0.1) is 5.82 Å². The van der Waals surface area contributed by atoms with E-state index >= 15 is 0 Å². The molecule has 0 radical (unpaired) electrons. The molecular formula is C20H25FN2O3. The number of hydrogen-bond donors (Lipinski definition) is 1. The molecule has 0 aliphatic carbocycles. The van der Waals surface area contributed by atoms with Crippen molar-refractivity contribution in [2.45, 2.75) is 19.4 Å². The van der Waals surface area contributed by atoms with Gasteiger partial charge in [0.1, 0.15) is 5.82 Å². The largest absolute Gasteiger partial charge is 0.493 e. The summed E-state index contributed by atoms with van der Waals surface area (Å²) in [5.74, 6) is 0.819. The molecule has 0 aromatic heterocycles. The van der Waals surface area contributed by atoms with Crippen LogP contribution in [0.15, 0.2) is 42.5 Å². The first kappa shape index (κ1) is 19.7. The lowest BCUT2D eigenvalue weighted by Gasteiger charge is -2.24. The molecule has 2 aromatic rings. The topological polar surface area (TPSA) is 50.8 Å². The first-order valence-electron chi connectivity index (χ1n) is 8.42. The quantitative estimate of drug-likeness (QED) is 0.784. The van der Waals surface area contributed by atoms with Gasteiger partial charge in [0.2, 0.25) is 5.91 Å². The van der Waals surface area contributed by atoms with Crippen LogP contribution in [0.4, 0.5) is 10.1 Å². The molecule has 1 amide bonds. The van der Waals surface area contributed by atoms with Crippen LogP contribution in [-0.4, -0.2) is 44.7 Å². The second-order valence-corrected chi connectivity index (χ2v) is 6.10. The Bertz CT molecular complexity index is 752. The van der Waals surface area contributed by atoms with E-state index in [0.29, 0.717) is 23.7 Å². The minimum atomic E-state index is -0.378. The first-order chi connectivity index (χ1) is 12.4. The number of hydrogen-bond acceptors (Lipinski definition) is 4. The van der Waals surface area contributed by atoms with Crippen molar-refractivity contribution in [3.63, 3.8) is 0 Å². The second-order valence-electron chi connectivity index (χ2n) is 6.10. The van der Waals surface area contributed by atoms with Gasteiger partial charge >= 0.3 is 0 Å². The van der Waals surface area contributed by atoms with Gasteiger partial charge in [-0.15, -0.1) is 0 Å².